The highest BCUT2D eigenvalue weighted by Gasteiger charge is 2.21. The lowest BCUT2D eigenvalue weighted by Gasteiger charge is -2.03. The van der Waals surface area contributed by atoms with E-state index in [0.29, 0.717) is 0 Å². The van der Waals surface area contributed by atoms with E-state index < -0.39 is 22.5 Å². The van der Waals surface area contributed by atoms with Crippen LogP contribution in [-0.4, -0.2) is 16.1 Å². The minimum Gasteiger partial charge on any atom is -0.478 e. The Hall–Kier alpha value is -0.140. The minimum atomic E-state index is -1.47. The third-order valence-corrected chi connectivity index (χ3v) is 2.93. The van der Waals surface area contributed by atoms with Crippen LogP contribution in [0, 0.1) is 9.52 Å². The molecule has 0 saturated heterocycles. The van der Waals surface area contributed by atoms with E-state index in [2.05, 4.69) is 4.98 Å². The van der Waals surface area contributed by atoms with Gasteiger partial charge in [0.25, 0.3) is 0 Å². The van der Waals surface area contributed by atoms with E-state index >= 15 is 0 Å². The summed E-state index contributed by atoms with van der Waals surface area (Å²) in [6.45, 7) is 0. The molecule has 0 aliphatic carbocycles. The summed E-state index contributed by atoms with van der Waals surface area (Å²) in [6.07, 6.45) is 0. The Labute approximate surface area is 96.0 Å². The molecule has 1 N–H and O–H groups in total. The number of carboxylic acid groups (broad SMARTS) is 1. The maximum atomic E-state index is 13.0. The van der Waals surface area contributed by atoms with Crippen LogP contribution in [0.3, 0.4) is 0 Å². The SMILES string of the molecule is O=C(O)c1c(F)c(Cl)nc(I)c1Cl. The molecule has 0 spiro atoms. The van der Waals surface area contributed by atoms with Gasteiger partial charge >= 0.3 is 5.97 Å². The fraction of sp³-hybridized carbons (Fsp3) is 0. The molecule has 0 fully saturated rings. The molecule has 0 aromatic carbocycles. The molecule has 0 unspecified atom stereocenters. The van der Waals surface area contributed by atoms with E-state index in [9.17, 15) is 9.18 Å². The summed E-state index contributed by atoms with van der Waals surface area (Å²) in [5.41, 5.74) is -0.647. The average molecular weight is 336 g/mol. The molecule has 7 heteroatoms. The predicted octanol–water partition coefficient (Wildman–Crippen LogP) is 2.83. The van der Waals surface area contributed by atoms with Gasteiger partial charge < -0.3 is 5.11 Å². The van der Waals surface area contributed by atoms with E-state index in [1.807, 2.05) is 0 Å². The molecule has 0 saturated carbocycles. The number of hydrogen-bond donors (Lipinski definition) is 1. The smallest absolute Gasteiger partial charge is 0.340 e. The van der Waals surface area contributed by atoms with Crippen LogP contribution in [0.15, 0.2) is 0 Å². The molecule has 0 bridgehead atoms. The third kappa shape index (κ3) is 2.03. The monoisotopic (exact) mass is 335 g/mol. The number of carbonyl (C=O) groups is 1. The number of aromatic carboxylic acids is 1. The van der Waals surface area contributed by atoms with Crippen LogP contribution >= 0.6 is 45.8 Å². The summed E-state index contributed by atoms with van der Waals surface area (Å²) < 4.78 is 13.2. The van der Waals surface area contributed by atoms with Gasteiger partial charge in [0, 0.05) is 0 Å². The summed E-state index contributed by atoms with van der Waals surface area (Å²) in [7, 11) is 0. The first kappa shape index (κ1) is 10.9. The molecule has 3 nitrogen and oxygen atoms in total. The van der Waals surface area contributed by atoms with Crippen LogP contribution in [0.25, 0.3) is 0 Å². The molecule has 0 radical (unpaired) electrons. The highest BCUT2D eigenvalue weighted by atomic mass is 127. The van der Waals surface area contributed by atoms with Crippen LogP contribution in [0.5, 0.6) is 0 Å². The fourth-order valence-electron chi connectivity index (χ4n) is 0.675. The van der Waals surface area contributed by atoms with Gasteiger partial charge in [0.15, 0.2) is 11.0 Å². The zero-order valence-electron chi connectivity index (χ0n) is 5.81. The zero-order chi connectivity index (χ0) is 10.2. The average Bonchev–Trinajstić information content (AvgIpc) is 2.01. The quantitative estimate of drug-likeness (QED) is 0.634. The summed E-state index contributed by atoms with van der Waals surface area (Å²) in [5, 5.41) is 7.85. The van der Waals surface area contributed by atoms with Gasteiger partial charge in [0.05, 0.1) is 5.02 Å². The van der Waals surface area contributed by atoms with Crippen molar-refractivity contribution in [3.05, 3.63) is 25.3 Å². The van der Waals surface area contributed by atoms with Gasteiger partial charge in [-0.1, -0.05) is 23.2 Å². The van der Waals surface area contributed by atoms with Gasteiger partial charge in [-0.15, -0.1) is 0 Å². The Morgan fingerprint density at radius 3 is 2.54 bits per heavy atom. The van der Waals surface area contributed by atoms with E-state index in [4.69, 9.17) is 28.3 Å². The number of pyridine rings is 1. The van der Waals surface area contributed by atoms with Gasteiger partial charge in [-0.2, -0.15) is 0 Å². The van der Waals surface area contributed by atoms with Gasteiger partial charge in [-0.25, -0.2) is 14.2 Å². The maximum absolute atomic E-state index is 13.0. The summed E-state index contributed by atoms with van der Waals surface area (Å²) in [4.78, 5) is 14.0. The Bertz CT molecular complexity index is 359. The van der Waals surface area contributed by atoms with Crippen molar-refractivity contribution in [1.82, 2.24) is 4.98 Å². The number of nitrogens with zero attached hydrogens (tertiary/aromatic N) is 1. The van der Waals surface area contributed by atoms with Crippen molar-refractivity contribution in [2.45, 2.75) is 0 Å². The first-order chi connectivity index (χ1) is 5.95. The van der Waals surface area contributed by atoms with Crippen LogP contribution in [-0.2, 0) is 0 Å². The van der Waals surface area contributed by atoms with Crippen LogP contribution in [0.2, 0.25) is 10.2 Å². The van der Waals surface area contributed by atoms with Crippen molar-refractivity contribution in [1.29, 1.82) is 0 Å². The fourth-order valence-corrected chi connectivity index (χ4v) is 1.71. The Kier molecular flexibility index (Phi) is 3.31. The van der Waals surface area contributed by atoms with Crippen molar-refractivity contribution in [3.8, 4) is 0 Å². The largest absolute Gasteiger partial charge is 0.478 e. The molecule has 0 aliphatic heterocycles. The van der Waals surface area contributed by atoms with E-state index in [1.54, 1.807) is 22.6 Å². The number of rotatable bonds is 1. The number of aromatic nitrogens is 1. The van der Waals surface area contributed by atoms with Crippen molar-refractivity contribution < 1.29 is 14.3 Å². The lowest BCUT2D eigenvalue weighted by atomic mass is 10.2. The lowest BCUT2D eigenvalue weighted by Crippen LogP contribution is -2.05. The van der Waals surface area contributed by atoms with Crippen molar-refractivity contribution in [3.63, 3.8) is 0 Å². The van der Waals surface area contributed by atoms with Gasteiger partial charge in [-0.3, -0.25) is 0 Å². The molecule has 1 rings (SSSR count). The molecule has 1 aromatic rings. The Morgan fingerprint density at radius 1 is 1.54 bits per heavy atom. The maximum Gasteiger partial charge on any atom is 0.340 e. The lowest BCUT2D eigenvalue weighted by molar-refractivity contribution is 0.0692. The standard InChI is InChI=1S/C6HCl2FINO2/c7-2-1(6(12)13)3(9)4(8)11-5(2)10/h(H,12,13). The molecule has 70 valence electrons. The molecule has 13 heavy (non-hydrogen) atoms. The highest BCUT2D eigenvalue weighted by Crippen LogP contribution is 2.27. The number of halogens is 4. The first-order valence-corrected chi connectivity index (χ1v) is 4.72. The summed E-state index contributed by atoms with van der Waals surface area (Å²) in [6, 6.07) is 0. The summed E-state index contributed by atoms with van der Waals surface area (Å²) in [5.74, 6) is -2.58. The Morgan fingerprint density at radius 2 is 2.08 bits per heavy atom. The molecular formula is C6HCl2FINO2. The van der Waals surface area contributed by atoms with Crippen molar-refractivity contribution in [2.75, 3.05) is 0 Å². The van der Waals surface area contributed by atoms with Crippen LogP contribution in [0.1, 0.15) is 10.4 Å². The molecule has 0 aliphatic rings. The first-order valence-electron chi connectivity index (χ1n) is 2.88. The predicted molar refractivity (Wildman–Crippen MR) is 53.9 cm³/mol. The molecule has 1 aromatic heterocycles. The minimum absolute atomic E-state index is 0.156. The second kappa shape index (κ2) is 3.93. The van der Waals surface area contributed by atoms with Crippen molar-refractivity contribution >= 4 is 51.8 Å². The van der Waals surface area contributed by atoms with Gasteiger partial charge in [0.1, 0.15) is 9.26 Å². The van der Waals surface area contributed by atoms with Crippen molar-refractivity contribution in [2.24, 2.45) is 0 Å². The van der Waals surface area contributed by atoms with E-state index in [1.165, 1.54) is 0 Å². The molecule has 0 atom stereocenters. The van der Waals surface area contributed by atoms with Gasteiger partial charge in [0.2, 0.25) is 0 Å². The van der Waals surface area contributed by atoms with E-state index in [0.717, 1.165) is 0 Å². The third-order valence-electron chi connectivity index (χ3n) is 1.21. The topological polar surface area (TPSA) is 50.2 Å². The number of carboxylic acids is 1. The van der Waals surface area contributed by atoms with Gasteiger partial charge in [-0.05, 0) is 22.6 Å². The zero-order valence-corrected chi connectivity index (χ0v) is 9.48. The normalized spacial score (nSPS) is 10.2. The summed E-state index contributed by atoms with van der Waals surface area (Å²) >= 11 is 12.5. The molecule has 0 amide bonds. The highest BCUT2D eigenvalue weighted by molar-refractivity contribution is 14.1. The molecule has 1 heterocycles. The van der Waals surface area contributed by atoms with E-state index in [-0.39, 0.29) is 8.72 Å². The van der Waals surface area contributed by atoms with Crippen LogP contribution < -0.4 is 0 Å². The number of hydrogen-bond acceptors (Lipinski definition) is 2. The Balaban J connectivity index is 3.56. The second-order valence-electron chi connectivity index (χ2n) is 2.00. The second-order valence-corrected chi connectivity index (χ2v) is 3.76. The molecular weight excluding hydrogens is 335 g/mol. The van der Waals surface area contributed by atoms with Crippen LogP contribution in [0.4, 0.5) is 4.39 Å².